The SMILES string of the molecule is C/C=C(\C)C(=O)O[C@H]1C[C@@](C)(O)[C@]2(O)CC[C@](C)(/C=C3/OC(=O)C(COC)=C31)O2. The molecule has 0 saturated carbocycles. The maximum atomic E-state index is 12.5. The Morgan fingerprint density at radius 3 is 2.66 bits per heavy atom. The van der Waals surface area contributed by atoms with Crippen molar-refractivity contribution >= 4 is 11.9 Å². The van der Waals surface area contributed by atoms with Crippen LogP contribution in [0.4, 0.5) is 0 Å². The molecule has 0 aromatic rings. The van der Waals surface area contributed by atoms with Crippen LogP contribution < -0.4 is 0 Å². The van der Waals surface area contributed by atoms with E-state index >= 15 is 0 Å². The number of hydrogen-bond acceptors (Lipinski definition) is 8. The quantitative estimate of drug-likeness (QED) is 0.534. The first-order chi connectivity index (χ1) is 13.5. The highest BCUT2D eigenvalue weighted by Gasteiger charge is 2.58. The number of ether oxygens (including phenoxy) is 4. The van der Waals surface area contributed by atoms with Gasteiger partial charge in [-0.25, -0.2) is 9.59 Å². The van der Waals surface area contributed by atoms with Crippen LogP contribution in [0.3, 0.4) is 0 Å². The number of fused-ring (bicyclic) bond motifs is 3. The van der Waals surface area contributed by atoms with Crippen molar-refractivity contribution in [2.24, 2.45) is 0 Å². The lowest BCUT2D eigenvalue weighted by Gasteiger charge is -2.40. The van der Waals surface area contributed by atoms with Crippen molar-refractivity contribution in [2.45, 2.75) is 70.1 Å². The first kappa shape index (κ1) is 21.7. The number of hydrogen-bond donors (Lipinski definition) is 2. The highest BCUT2D eigenvalue weighted by atomic mass is 16.7. The van der Waals surface area contributed by atoms with E-state index in [2.05, 4.69) is 0 Å². The molecule has 0 amide bonds. The number of carbonyl (C=O) groups is 2. The highest BCUT2D eigenvalue weighted by Crippen LogP contribution is 2.49. The van der Waals surface area contributed by atoms with Crippen molar-refractivity contribution in [1.82, 2.24) is 0 Å². The van der Waals surface area contributed by atoms with Gasteiger partial charge in [-0.3, -0.25) is 0 Å². The maximum Gasteiger partial charge on any atom is 0.342 e. The standard InChI is InChI=1S/C21H28O8/c1-6-12(2)17(22)27-15-10-20(4,24)21(25)8-7-19(3,29-21)9-14-16(15)13(11-26-5)18(23)28-14/h6,9,15,24-25H,7-8,10-11H2,1-5H3/b12-6+,14-9+/t15-,19+,20+,21-/m0/s1. The Labute approximate surface area is 169 Å². The Bertz CT molecular complexity index is 821. The zero-order valence-corrected chi connectivity index (χ0v) is 17.4. The van der Waals surface area contributed by atoms with Crippen molar-refractivity contribution in [3.05, 3.63) is 34.6 Å². The van der Waals surface area contributed by atoms with Crippen LogP contribution in [0, 0.1) is 0 Å². The van der Waals surface area contributed by atoms with Crippen molar-refractivity contribution in [2.75, 3.05) is 13.7 Å². The first-order valence-corrected chi connectivity index (χ1v) is 9.61. The molecule has 3 aliphatic rings. The van der Waals surface area contributed by atoms with E-state index in [9.17, 15) is 19.8 Å². The molecule has 3 heterocycles. The molecule has 29 heavy (non-hydrogen) atoms. The van der Waals surface area contributed by atoms with Crippen molar-refractivity contribution < 1.29 is 38.7 Å². The van der Waals surface area contributed by atoms with Gasteiger partial charge >= 0.3 is 11.9 Å². The summed E-state index contributed by atoms with van der Waals surface area (Å²) in [5.74, 6) is -2.85. The first-order valence-electron chi connectivity index (χ1n) is 9.61. The van der Waals surface area contributed by atoms with Gasteiger partial charge in [-0.05, 0) is 40.2 Å². The van der Waals surface area contributed by atoms with Gasteiger partial charge in [-0.2, -0.15) is 0 Å². The number of rotatable bonds is 4. The van der Waals surface area contributed by atoms with Gasteiger partial charge in [0.1, 0.15) is 17.5 Å². The molecule has 2 N–H and O–H groups in total. The highest BCUT2D eigenvalue weighted by molar-refractivity contribution is 5.95. The Kier molecular flexibility index (Phi) is 5.51. The lowest BCUT2D eigenvalue weighted by Crippen LogP contribution is -2.54. The second-order valence-corrected chi connectivity index (χ2v) is 8.27. The van der Waals surface area contributed by atoms with Gasteiger partial charge < -0.3 is 29.2 Å². The monoisotopic (exact) mass is 408 g/mol. The predicted octanol–water partition coefficient (Wildman–Crippen LogP) is 1.66. The van der Waals surface area contributed by atoms with E-state index in [4.69, 9.17) is 18.9 Å². The van der Waals surface area contributed by atoms with E-state index < -0.39 is 35.0 Å². The van der Waals surface area contributed by atoms with Crippen LogP contribution in [-0.2, 0) is 28.5 Å². The van der Waals surface area contributed by atoms with Crippen LogP contribution in [0.15, 0.2) is 34.6 Å². The summed E-state index contributed by atoms with van der Waals surface area (Å²) in [4.78, 5) is 25.0. The second-order valence-electron chi connectivity index (χ2n) is 8.27. The van der Waals surface area contributed by atoms with E-state index in [1.54, 1.807) is 32.9 Å². The van der Waals surface area contributed by atoms with E-state index in [1.807, 2.05) is 0 Å². The summed E-state index contributed by atoms with van der Waals surface area (Å²) < 4.78 is 22.1. The average molecular weight is 408 g/mol. The van der Waals surface area contributed by atoms with E-state index in [0.29, 0.717) is 17.6 Å². The van der Waals surface area contributed by atoms with Gasteiger partial charge in [-0.1, -0.05) is 6.08 Å². The van der Waals surface area contributed by atoms with Crippen molar-refractivity contribution in [3.8, 4) is 0 Å². The summed E-state index contributed by atoms with van der Waals surface area (Å²) in [6.07, 6.45) is 2.55. The zero-order valence-electron chi connectivity index (χ0n) is 17.4. The van der Waals surface area contributed by atoms with E-state index in [0.717, 1.165) is 0 Å². The van der Waals surface area contributed by atoms with Crippen molar-refractivity contribution in [1.29, 1.82) is 0 Å². The number of esters is 2. The molecule has 0 aliphatic carbocycles. The molecule has 0 spiro atoms. The molecule has 160 valence electrons. The molecule has 1 fully saturated rings. The number of carbonyl (C=O) groups excluding carboxylic acids is 2. The lowest BCUT2D eigenvalue weighted by atomic mass is 9.82. The maximum absolute atomic E-state index is 12.5. The summed E-state index contributed by atoms with van der Waals surface area (Å²) in [5.41, 5.74) is -1.83. The van der Waals surface area contributed by atoms with Gasteiger partial charge in [0.2, 0.25) is 0 Å². The van der Waals surface area contributed by atoms with Crippen LogP contribution in [-0.4, -0.2) is 59.0 Å². The average Bonchev–Trinajstić information content (AvgIpc) is 3.11. The van der Waals surface area contributed by atoms with Gasteiger partial charge in [-0.15, -0.1) is 0 Å². The second kappa shape index (κ2) is 7.36. The molecular weight excluding hydrogens is 380 g/mol. The van der Waals surface area contributed by atoms with Gasteiger partial charge in [0.15, 0.2) is 5.79 Å². The number of methoxy groups -OCH3 is 1. The smallest absolute Gasteiger partial charge is 0.342 e. The zero-order chi connectivity index (χ0) is 21.6. The Hall–Kier alpha value is -2.00. The van der Waals surface area contributed by atoms with Crippen LogP contribution in [0.1, 0.15) is 47.0 Å². The number of aliphatic hydroxyl groups is 2. The van der Waals surface area contributed by atoms with Crippen molar-refractivity contribution in [3.63, 3.8) is 0 Å². The molecule has 0 aromatic heterocycles. The summed E-state index contributed by atoms with van der Waals surface area (Å²) in [7, 11) is 1.44. The molecule has 0 aromatic carbocycles. The van der Waals surface area contributed by atoms with E-state index in [-0.39, 0.29) is 30.8 Å². The molecular formula is C21H28O8. The fourth-order valence-electron chi connectivity index (χ4n) is 3.94. The molecule has 3 rings (SSSR count). The van der Waals surface area contributed by atoms with Gasteiger partial charge in [0.25, 0.3) is 0 Å². The predicted molar refractivity (Wildman–Crippen MR) is 101 cm³/mol. The van der Waals surface area contributed by atoms with Crippen LogP contribution in [0.2, 0.25) is 0 Å². The molecule has 8 heteroatoms. The summed E-state index contributed by atoms with van der Waals surface area (Å²) in [6, 6.07) is 0. The van der Waals surface area contributed by atoms with Gasteiger partial charge in [0.05, 0.1) is 17.8 Å². The fourth-order valence-corrected chi connectivity index (χ4v) is 3.94. The molecule has 3 aliphatic heterocycles. The normalized spacial score (nSPS) is 39.1. The van der Waals surface area contributed by atoms with E-state index in [1.165, 1.54) is 14.0 Å². The molecule has 2 bridgehead atoms. The molecule has 4 atom stereocenters. The minimum atomic E-state index is -1.84. The lowest BCUT2D eigenvalue weighted by molar-refractivity contribution is -0.298. The molecule has 1 saturated heterocycles. The third-order valence-corrected chi connectivity index (χ3v) is 5.88. The van der Waals surface area contributed by atoms with Gasteiger partial charge in [0, 0.05) is 31.1 Å². The molecule has 8 nitrogen and oxygen atoms in total. The third kappa shape index (κ3) is 3.77. The van der Waals surface area contributed by atoms with Crippen LogP contribution in [0.5, 0.6) is 0 Å². The minimum Gasteiger partial charge on any atom is -0.454 e. The summed E-state index contributed by atoms with van der Waals surface area (Å²) >= 11 is 0. The molecule has 0 radical (unpaired) electrons. The van der Waals surface area contributed by atoms with Crippen LogP contribution >= 0.6 is 0 Å². The topological polar surface area (TPSA) is 112 Å². The van der Waals surface area contributed by atoms with Crippen LogP contribution in [0.25, 0.3) is 0 Å². The largest absolute Gasteiger partial charge is 0.454 e. The summed E-state index contributed by atoms with van der Waals surface area (Å²) in [6.45, 7) is 6.43. The molecule has 0 unspecified atom stereocenters. The third-order valence-electron chi connectivity index (χ3n) is 5.88. The Morgan fingerprint density at radius 1 is 1.34 bits per heavy atom. The number of allylic oxidation sites excluding steroid dienone is 1. The Morgan fingerprint density at radius 2 is 2.03 bits per heavy atom. The Balaban J connectivity index is 2.17. The summed E-state index contributed by atoms with van der Waals surface area (Å²) in [5, 5.41) is 22.2. The fraction of sp³-hybridized carbons (Fsp3) is 0.619. The minimum absolute atomic E-state index is 0.0495.